The molecule has 0 aromatic heterocycles. The Balaban J connectivity index is 0.00000306. The number of nitrogens with zero attached hydrogens (tertiary/aromatic N) is 1. The van der Waals surface area contributed by atoms with Crippen LogP contribution in [0.1, 0.15) is 42.7 Å². The fourth-order valence-electron chi connectivity index (χ4n) is 4.70. The molecule has 2 aromatic carbocycles. The predicted molar refractivity (Wildman–Crippen MR) is 128 cm³/mol. The molecule has 33 heavy (non-hydrogen) atoms. The molecule has 2 aromatic rings. The molecule has 1 aliphatic carbocycles. The lowest BCUT2D eigenvalue weighted by Crippen LogP contribution is -2.42. The van der Waals surface area contributed by atoms with Gasteiger partial charge >= 0.3 is 12.1 Å². The van der Waals surface area contributed by atoms with Gasteiger partial charge in [-0.15, -0.1) is 12.4 Å². The van der Waals surface area contributed by atoms with Gasteiger partial charge in [-0.1, -0.05) is 48.5 Å². The zero-order valence-corrected chi connectivity index (χ0v) is 19.3. The quantitative estimate of drug-likeness (QED) is 0.540. The molecule has 4 rings (SSSR count). The average molecular weight is 475 g/mol. The van der Waals surface area contributed by atoms with Gasteiger partial charge in [-0.05, 0) is 54.5 Å². The number of alkyl carbamates (subject to hydrolysis) is 1. The first-order chi connectivity index (χ1) is 15.5. The van der Waals surface area contributed by atoms with Crippen LogP contribution in [-0.2, 0) is 9.53 Å². The number of carbonyl (C=O) groups excluding carboxylic acids is 1. The number of benzene rings is 2. The highest BCUT2D eigenvalue weighted by Crippen LogP contribution is 2.44. The van der Waals surface area contributed by atoms with E-state index in [-0.39, 0.29) is 31.0 Å². The molecular weight excluding hydrogens is 444 g/mol. The number of carboxylic acids is 1. The second-order valence-corrected chi connectivity index (χ2v) is 8.58. The molecule has 178 valence electrons. The number of hydrogen-bond acceptors (Lipinski definition) is 5. The van der Waals surface area contributed by atoms with Gasteiger partial charge in [0.15, 0.2) is 0 Å². The maximum atomic E-state index is 12.4. The summed E-state index contributed by atoms with van der Waals surface area (Å²) < 4.78 is 5.48. The summed E-state index contributed by atoms with van der Waals surface area (Å²) >= 11 is 0. The van der Waals surface area contributed by atoms with Crippen molar-refractivity contribution in [3.05, 3.63) is 59.7 Å². The van der Waals surface area contributed by atoms with E-state index in [0.29, 0.717) is 12.8 Å². The van der Waals surface area contributed by atoms with Crippen molar-refractivity contribution in [3.63, 3.8) is 0 Å². The summed E-state index contributed by atoms with van der Waals surface area (Å²) in [5.41, 5.74) is 4.52. The van der Waals surface area contributed by atoms with Crippen molar-refractivity contribution in [1.29, 1.82) is 0 Å². The van der Waals surface area contributed by atoms with E-state index in [1.807, 2.05) is 36.4 Å². The van der Waals surface area contributed by atoms with E-state index in [0.717, 1.165) is 54.7 Å². The predicted octanol–water partition coefficient (Wildman–Crippen LogP) is 3.64. The van der Waals surface area contributed by atoms with E-state index in [4.69, 9.17) is 4.74 Å². The Hall–Kier alpha value is -2.61. The van der Waals surface area contributed by atoms with E-state index in [2.05, 4.69) is 22.3 Å². The zero-order chi connectivity index (χ0) is 22.5. The van der Waals surface area contributed by atoms with Crippen LogP contribution in [0.15, 0.2) is 48.5 Å². The largest absolute Gasteiger partial charge is 0.480 e. The first-order valence-corrected chi connectivity index (χ1v) is 11.3. The van der Waals surface area contributed by atoms with Gasteiger partial charge in [0.05, 0.1) is 6.10 Å². The summed E-state index contributed by atoms with van der Waals surface area (Å²) in [5.74, 6) is -1.13. The lowest BCUT2D eigenvalue weighted by atomic mass is 9.98. The third kappa shape index (κ3) is 6.05. The van der Waals surface area contributed by atoms with Crippen molar-refractivity contribution in [2.24, 2.45) is 0 Å². The summed E-state index contributed by atoms with van der Waals surface area (Å²) in [7, 11) is 0. The minimum Gasteiger partial charge on any atom is -0.480 e. The van der Waals surface area contributed by atoms with Crippen molar-refractivity contribution < 1.29 is 24.5 Å². The van der Waals surface area contributed by atoms with Gasteiger partial charge in [0.1, 0.15) is 12.6 Å². The Bertz CT molecular complexity index is 916. The number of aliphatic hydroxyl groups excluding tert-OH is 1. The molecule has 0 spiro atoms. The van der Waals surface area contributed by atoms with Crippen LogP contribution in [0.2, 0.25) is 0 Å². The maximum absolute atomic E-state index is 12.4. The van der Waals surface area contributed by atoms with Crippen LogP contribution in [0.5, 0.6) is 0 Å². The van der Waals surface area contributed by atoms with Crippen LogP contribution < -0.4 is 5.32 Å². The van der Waals surface area contributed by atoms with E-state index in [9.17, 15) is 19.8 Å². The van der Waals surface area contributed by atoms with Crippen molar-refractivity contribution >= 4 is 24.5 Å². The SMILES string of the molecule is Cl.O=C(NC(CCCN1CCC(O)CC1)C(=O)O)OCC1c2ccccc2-c2ccccc21. The van der Waals surface area contributed by atoms with E-state index >= 15 is 0 Å². The third-order valence-corrected chi connectivity index (χ3v) is 6.46. The van der Waals surface area contributed by atoms with Crippen LogP contribution in [0, 0.1) is 0 Å². The number of likely N-dealkylation sites (tertiary alicyclic amines) is 1. The van der Waals surface area contributed by atoms with Gasteiger partial charge in [0, 0.05) is 19.0 Å². The van der Waals surface area contributed by atoms with Crippen LogP contribution in [-0.4, -0.2) is 65.6 Å². The number of carboxylic acid groups (broad SMARTS) is 1. The van der Waals surface area contributed by atoms with Crippen LogP contribution in [0.25, 0.3) is 11.1 Å². The number of rotatable bonds is 8. The highest BCUT2D eigenvalue weighted by molar-refractivity contribution is 5.85. The van der Waals surface area contributed by atoms with Crippen LogP contribution in [0.3, 0.4) is 0 Å². The number of aliphatic hydroxyl groups is 1. The number of amides is 1. The molecule has 8 heteroatoms. The number of fused-ring (bicyclic) bond motifs is 3. The normalized spacial score (nSPS) is 16.9. The van der Waals surface area contributed by atoms with Crippen LogP contribution >= 0.6 is 12.4 Å². The molecule has 1 atom stereocenters. The Morgan fingerprint density at radius 1 is 1.03 bits per heavy atom. The van der Waals surface area contributed by atoms with Gasteiger partial charge in [-0.25, -0.2) is 9.59 Å². The zero-order valence-electron chi connectivity index (χ0n) is 18.5. The first-order valence-electron chi connectivity index (χ1n) is 11.3. The monoisotopic (exact) mass is 474 g/mol. The number of carbonyl (C=O) groups is 2. The van der Waals surface area contributed by atoms with E-state index < -0.39 is 18.1 Å². The summed E-state index contributed by atoms with van der Waals surface area (Å²) in [6.45, 7) is 2.54. The minimum atomic E-state index is -1.06. The molecule has 1 aliphatic heterocycles. The molecule has 1 fully saturated rings. The smallest absolute Gasteiger partial charge is 0.407 e. The molecule has 0 radical (unpaired) electrons. The summed E-state index contributed by atoms with van der Waals surface area (Å²) in [5, 5.41) is 21.6. The summed E-state index contributed by atoms with van der Waals surface area (Å²) in [6, 6.07) is 15.2. The van der Waals surface area contributed by atoms with E-state index in [1.165, 1.54) is 0 Å². The highest BCUT2D eigenvalue weighted by atomic mass is 35.5. The molecule has 3 N–H and O–H groups in total. The van der Waals surface area contributed by atoms with Gasteiger partial charge in [-0.2, -0.15) is 0 Å². The first kappa shape index (κ1) is 25.0. The van der Waals surface area contributed by atoms with Gasteiger partial charge in [0.25, 0.3) is 0 Å². The molecule has 1 unspecified atom stereocenters. The van der Waals surface area contributed by atoms with Crippen molar-refractivity contribution in [1.82, 2.24) is 10.2 Å². The average Bonchev–Trinajstić information content (AvgIpc) is 3.12. The second kappa shape index (κ2) is 11.5. The number of nitrogens with one attached hydrogen (secondary N) is 1. The van der Waals surface area contributed by atoms with Crippen molar-refractivity contribution in [3.8, 4) is 11.1 Å². The molecule has 1 heterocycles. The molecule has 1 amide bonds. The summed E-state index contributed by atoms with van der Waals surface area (Å²) in [6.07, 6.45) is 1.55. The fraction of sp³-hybridized carbons (Fsp3) is 0.440. The molecule has 1 saturated heterocycles. The molecule has 0 bridgehead atoms. The number of ether oxygens (including phenoxy) is 1. The minimum absolute atomic E-state index is 0. The van der Waals surface area contributed by atoms with Gasteiger partial charge < -0.3 is 25.2 Å². The number of aliphatic carboxylic acids is 1. The second-order valence-electron chi connectivity index (χ2n) is 8.58. The van der Waals surface area contributed by atoms with E-state index in [1.54, 1.807) is 0 Å². The van der Waals surface area contributed by atoms with Crippen molar-refractivity contribution in [2.75, 3.05) is 26.2 Å². The lowest BCUT2D eigenvalue weighted by molar-refractivity contribution is -0.139. The van der Waals surface area contributed by atoms with Gasteiger partial charge in [-0.3, -0.25) is 0 Å². The number of hydrogen-bond donors (Lipinski definition) is 3. The fourth-order valence-corrected chi connectivity index (χ4v) is 4.70. The summed E-state index contributed by atoms with van der Waals surface area (Å²) in [4.78, 5) is 26.3. The molecule has 0 saturated carbocycles. The standard InChI is InChI=1S/C25H30N2O5.ClH/c28-17-11-14-27(15-12-17)13-5-10-23(24(29)30)26-25(31)32-16-22-20-8-3-1-6-18(20)19-7-2-4-9-21(19)22;/h1-4,6-9,17,22-23,28H,5,10-16H2,(H,26,31)(H,29,30);1H. The Morgan fingerprint density at radius 3 is 2.18 bits per heavy atom. The molecule has 2 aliphatic rings. The Kier molecular flexibility index (Phi) is 8.72. The maximum Gasteiger partial charge on any atom is 0.407 e. The van der Waals surface area contributed by atoms with Gasteiger partial charge in [0.2, 0.25) is 0 Å². The topological polar surface area (TPSA) is 99.1 Å². The molecular formula is C25H31ClN2O5. The van der Waals surface area contributed by atoms with Crippen LogP contribution in [0.4, 0.5) is 4.79 Å². The third-order valence-electron chi connectivity index (χ3n) is 6.46. The Morgan fingerprint density at radius 2 is 1.61 bits per heavy atom. The lowest BCUT2D eigenvalue weighted by Gasteiger charge is -2.29. The number of piperidine rings is 1. The Labute approximate surface area is 200 Å². The number of halogens is 1. The van der Waals surface area contributed by atoms with Crippen molar-refractivity contribution in [2.45, 2.75) is 43.7 Å². The molecule has 7 nitrogen and oxygen atoms in total. The highest BCUT2D eigenvalue weighted by Gasteiger charge is 2.29.